The van der Waals surface area contributed by atoms with E-state index in [1.807, 2.05) is 13.8 Å². The van der Waals surface area contributed by atoms with Gasteiger partial charge in [-0.1, -0.05) is 13.8 Å². The molecule has 0 aliphatic rings. The minimum absolute atomic E-state index is 0.117. The highest BCUT2D eigenvalue weighted by Gasteiger charge is 2.12. The van der Waals surface area contributed by atoms with Gasteiger partial charge in [0.1, 0.15) is 5.75 Å². The molecule has 1 aromatic rings. The molecule has 0 atom stereocenters. The van der Waals surface area contributed by atoms with Crippen LogP contribution in [0.1, 0.15) is 38.1 Å². The first-order chi connectivity index (χ1) is 8.40. The van der Waals surface area contributed by atoms with Gasteiger partial charge in [0.05, 0.1) is 22.7 Å². The maximum absolute atomic E-state index is 11.7. The normalized spacial score (nSPS) is 10.8. The lowest BCUT2D eigenvalue weighted by atomic mass is 10.2. The minimum Gasteiger partial charge on any atom is -0.492 e. The van der Waals surface area contributed by atoms with Crippen molar-refractivity contribution in [2.75, 3.05) is 6.61 Å². The molecule has 18 heavy (non-hydrogen) atoms. The van der Waals surface area contributed by atoms with Crippen LogP contribution in [0.25, 0.3) is 0 Å². The third kappa shape index (κ3) is 4.69. The number of rotatable bonds is 5. The summed E-state index contributed by atoms with van der Waals surface area (Å²) in [5.41, 5.74) is 0.521. The van der Waals surface area contributed by atoms with E-state index in [0.29, 0.717) is 18.1 Å². The van der Waals surface area contributed by atoms with Crippen molar-refractivity contribution in [2.45, 2.75) is 33.8 Å². The van der Waals surface area contributed by atoms with Crippen molar-refractivity contribution in [3.8, 4) is 5.75 Å². The summed E-state index contributed by atoms with van der Waals surface area (Å²) in [5, 5.41) is 0. The van der Waals surface area contributed by atoms with E-state index in [-0.39, 0.29) is 12.1 Å². The Morgan fingerprint density at radius 3 is 2.44 bits per heavy atom. The second-order valence-corrected chi connectivity index (χ2v) is 5.66. The van der Waals surface area contributed by atoms with Gasteiger partial charge in [0.15, 0.2) is 0 Å². The Bertz CT molecular complexity index is 414. The van der Waals surface area contributed by atoms with E-state index < -0.39 is 0 Å². The molecule has 0 fully saturated rings. The van der Waals surface area contributed by atoms with Gasteiger partial charge < -0.3 is 9.47 Å². The standard InChI is InChI=1S/C14H19BrO3/c1-9(2)8-17-13-6-5-11(7-12(13)15)14(16)18-10(3)4/h5-7,9-10H,8H2,1-4H3. The van der Waals surface area contributed by atoms with Crippen LogP contribution in [-0.4, -0.2) is 18.7 Å². The van der Waals surface area contributed by atoms with Gasteiger partial charge in [0.25, 0.3) is 0 Å². The van der Waals surface area contributed by atoms with Gasteiger partial charge >= 0.3 is 5.97 Å². The van der Waals surface area contributed by atoms with Gasteiger partial charge in [-0.25, -0.2) is 4.79 Å². The van der Waals surface area contributed by atoms with Crippen LogP contribution in [0.2, 0.25) is 0 Å². The smallest absolute Gasteiger partial charge is 0.338 e. The molecular weight excluding hydrogens is 296 g/mol. The predicted octanol–water partition coefficient (Wildman–Crippen LogP) is 4.05. The summed E-state index contributed by atoms with van der Waals surface area (Å²) in [6, 6.07) is 5.22. The van der Waals surface area contributed by atoms with Crippen LogP contribution in [0.5, 0.6) is 5.75 Å². The van der Waals surface area contributed by atoms with Gasteiger partial charge in [-0.2, -0.15) is 0 Å². The van der Waals surface area contributed by atoms with E-state index in [9.17, 15) is 4.79 Å². The zero-order valence-electron chi connectivity index (χ0n) is 11.2. The Kier molecular flexibility index (Phi) is 5.66. The van der Waals surface area contributed by atoms with Crippen molar-refractivity contribution < 1.29 is 14.3 Å². The molecule has 100 valence electrons. The molecule has 1 aromatic carbocycles. The average Bonchev–Trinajstić information content (AvgIpc) is 2.26. The fourth-order valence-electron chi connectivity index (χ4n) is 1.28. The molecule has 0 unspecified atom stereocenters. The molecule has 0 bridgehead atoms. The quantitative estimate of drug-likeness (QED) is 0.769. The fraction of sp³-hybridized carbons (Fsp3) is 0.500. The Balaban J connectivity index is 2.75. The molecule has 0 N–H and O–H groups in total. The first kappa shape index (κ1) is 15.0. The number of halogens is 1. The zero-order valence-corrected chi connectivity index (χ0v) is 12.8. The summed E-state index contributed by atoms with van der Waals surface area (Å²) >= 11 is 3.40. The van der Waals surface area contributed by atoms with Crippen LogP contribution in [0.4, 0.5) is 0 Å². The molecule has 1 rings (SSSR count). The summed E-state index contributed by atoms with van der Waals surface area (Å²) in [6.45, 7) is 8.47. The maximum atomic E-state index is 11.7. The molecule has 3 nitrogen and oxygen atoms in total. The molecule has 0 amide bonds. The SMILES string of the molecule is CC(C)COc1ccc(C(=O)OC(C)C)cc1Br. The highest BCUT2D eigenvalue weighted by atomic mass is 79.9. The molecule has 0 radical (unpaired) electrons. The highest BCUT2D eigenvalue weighted by molar-refractivity contribution is 9.10. The number of esters is 1. The van der Waals surface area contributed by atoms with E-state index in [1.54, 1.807) is 18.2 Å². The first-order valence-electron chi connectivity index (χ1n) is 6.03. The van der Waals surface area contributed by atoms with E-state index in [0.717, 1.165) is 10.2 Å². The molecule has 0 saturated carbocycles. The lowest BCUT2D eigenvalue weighted by Crippen LogP contribution is -2.12. The zero-order chi connectivity index (χ0) is 13.7. The van der Waals surface area contributed by atoms with Crippen molar-refractivity contribution in [1.82, 2.24) is 0 Å². The van der Waals surface area contributed by atoms with Crippen LogP contribution >= 0.6 is 15.9 Å². The van der Waals surface area contributed by atoms with Crippen LogP contribution in [0.3, 0.4) is 0 Å². The van der Waals surface area contributed by atoms with Crippen molar-refractivity contribution in [3.63, 3.8) is 0 Å². The monoisotopic (exact) mass is 314 g/mol. The van der Waals surface area contributed by atoms with Gasteiger partial charge in [-0.15, -0.1) is 0 Å². The topological polar surface area (TPSA) is 35.5 Å². The number of hydrogen-bond acceptors (Lipinski definition) is 3. The number of ether oxygens (including phenoxy) is 2. The molecule has 0 aliphatic heterocycles. The molecule has 0 aromatic heterocycles. The largest absolute Gasteiger partial charge is 0.492 e. The van der Waals surface area contributed by atoms with E-state index in [1.165, 1.54) is 0 Å². The second kappa shape index (κ2) is 6.78. The van der Waals surface area contributed by atoms with Crippen molar-refractivity contribution >= 4 is 21.9 Å². The van der Waals surface area contributed by atoms with E-state index in [2.05, 4.69) is 29.8 Å². The van der Waals surface area contributed by atoms with E-state index >= 15 is 0 Å². The summed E-state index contributed by atoms with van der Waals surface area (Å²) < 4.78 is 11.5. The third-order valence-corrected chi connectivity index (χ3v) is 2.70. The summed E-state index contributed by atoms with van der Waals surface area (Å²) in [7, 11) is 0. The van der Waals surface area contributed by atoms with Gasteiger partial charge in [-0.3, -0.25) is 0 Å². The molecule has 0 heterocycles. The maximum Gasteiger partial charge on any atom is 0.338 e. The lowest BCUT2D eigenvalue weighted by Gasteiger charge is -2.12. The Morgan fingerprint density at radius 1 is 1.28 bits per heavy atom. The highest BCUT2D eigenvalue weighted by Crippen LogP contribution is 2.26. The van der Waals surface area contributed by atoms with Gasteiger partial charge in [-0.05, 0) is 53.9 Å². The van der Waals surface area contributed by atoms with Gasteiger partial charge in [0, 0.05) is 0 Å². The summed E-state index contributed by atoms with van der Waals surface area (Å²) in [5.74, 6) is 0.883. The number of carbonyl (C=O) groups is 1. The predicted molar refractivity (Wildman–Crippen MR) is 75.0 cm³/mol. The number of benzene rings is 1. The van der Waals surface area contributed by atoms with Gasteiger partial charge in [0.2, 0.25) is 0 Å². The first-order valence-corrected chi connectivity index (χ1v) is 6.82. The van der Waals surface area contributed by atoms with Crippen LogP contribution in [-0.2, 0) is 4.74 Å². The number of hydrogen-bond donors (Lipinski definition) is 0. The fourth-order valence-corrected chi connectivity index (χ4v) is 1.78. The molecule has 0 spiro atoms. The Hall–Kier alpha value is -1.03. The molecule has 0 aliphatic carbocycles. The average molecular weight is 315 g/mol. The Morgan fingerprint density at radius 2 is 1.94 bits per heavy atom. The second-order valence-electron chi connectivity index (χ2n) is 4.80. The van der Waals surface area contributed by atoms with Crippen molar-refractivity contribution in [1.29, 1.82) is 0 Å². The van der Waals surface area contributed by atoms with Crippen molar-refractivity contribution in [2.24, 2.45) is 5.92 Å². The van der Waals surface area contributed by atoms with Crippen LogP contribution in [0, 0.1) is 5.92 Å². The number of carbonyl (C=O) groups excluding carboxylic acids is 1. The lowest BCUT2D eigenvalue weighted by molar-refractivity contribution is 0.0378. The Labute approximate surface area is 117 Å². The van der Waals surface area contributed by atoms with Crippen LogP contribution < -0.4 is 4.74 Å². The van der Waals surface area contributed by atoms with E-state index in [4.69, 9.17) is 9.47 Å². The molecular formula is C14H19BrO3. The summed E-state index contributed by atoms with van der Waals surface area (Å²) in [4.78, 5) is 11.7. The minimum atomic E-state index is -0.318. The third-order valence-electron chi connectivity index (χ3n) is 2.08. The molecule has 4 heteroatoms. The molecule has 0 saturated heterocycles. The summed E-state index contributed by atoms with van der Waals surface area (Å²) in [6.07, 6.45) is -0.117. The van der Waals surface area contributed by atoms with Crippen LogP contribution in [0.15, 0.2) is 22.7 Å². The van der Waals surface area contributed by atoms with Crippen molar-refractivity contribution in [3.05, 3.63) is 28.2 Å².